The Morgan fingerprint density at radius 1 is 1.23 bits per heavy atom. The number of ketones is 1. The molecule has 8 unspecified atom stereocenters. The molecule has 1 spiro atoms. The van der Waals surface area contributed by atoms with Gasteiger partial charge in [0, 0.05) is 18.1 Å². The third-order valence-corrected chi connectivity index (χ3v) is 9.14. The molecule has 4 bridgehead atoms. The largest absolute Gasteiger partial charge is 0.826 e. The summed E-state index contributed by atoms with van der Waals surface area (Å²) in [7, 11) is 0. The Morgan fingerprint density at radius 2 is 1.85 bits per heavy atom. The van der Waals surface area contributed by atoms with Gasteiger partial charge in [0.25, 0.3) is 0 Å². The van der Waals surface area contributed by atoms with E-state index in [9.17, 15) is 35.4 Å². The van der Waals surface area contributed by atoms with E-state index in [4.69, 9.17) is 10.5 Å². The summed E-state index contributed by atoms with van der Waals surface area (Å²) < 4.78 is 5.33. The van der Waals surface area contributed by atoms with E-state index in [-0.39, 0.29) is 12.4 Å². The Kier molecular flexibility index (Phi) is 8.16. The van der Waals surface area contributed by atoms with E-state index in [1.807, 2.05) is 6.07 Å². The van der Waals surface area contributed by atoms with E-state index in [0.29, 0.717) is 18.7 Å². The van der Waals surface area contributed by atoms with E-state index in [1.54, 1.807) is 0 Å². The predicted molar refractivity (Wildman–Crippen MR) is 138 cm³/mol. The van der Waals surface area contributed by atoms with Crippen LogP contribution in [0.2, 0.25) is 0 Å². The van der Waals surface area contributed by atoms with Crippen LogP contribution in [0.3, 0.4) is 0 Å². The lowest BCUT2D eigenvalue weighted by Gasteiger charge is -2.74. The zero-order valence-corrected chi connectivity index (χ0v) is 22.9. The molecule has 9 atom stereocenters. The molecule has 2 saturated carbocycles. The summed E-state index contributed by atoms with van der Waals surface area (Å²) in [6.07, 6.45) is -5.52. The van der Waals surface area contributed by atoms with E-state index in [2.05, 4.69) is 55.0 Å². The molecule has 218 valence electrons. The predicted octanol–water partition coefficient (Wildman–Crippen LogP) is -4.65. The molecule has 2 aliphatic carbocycles. The van der Waals surface area contributed by atoms with Crippen molar-refractivity contribution < 1.29 is 45.2 Å². The summed E-state index contributed by atoms with van der Waals surface area (Å²) in [4.78, 5) is 16.7. The van der Waals surface area contributed by atoms with Crippen molar-refractivity contribution in [3.05, 3.63) is 34.9 Å². The van der Waals surface area contributed by atoms with Crippen molar-refractivity contribution in [2.24, 2.45) is 17.6 Å². The van der Waals surface area contributed by atoms with Crippen LogP contribution in [-0.4, -0.2) is 110 Å². The Labute approximate surface area is 228 Å². The number of rotatable bonds is 7. The maximum Gasteiger partial charge on any atom is 0.343 e. The van der Waals surface area contributed by atoms with Gasteiger partial charge in [-0.25, -0.2) is 0 Å². The molecule has 12 heteroatoms. The van der Waals surface area contributed by atoms with Crippen LogP contribution in [0.25, 0.3) is 0 Å². The number of likely N-dealkylation sites (N-methyl/N-ethyl adjacent to an activating group) is 1. The minimum Gasteiger partial charge on any atom is -0.826 e. The molecule has 3 aliphatic heterocycles. The number of aliphatic hydroxyl groups is 5. The number of nitrogens with two attached hydrogens (primary N) is 1. The summed E-state index contributed by atoms with van der Waals surface area (Å²) in [5.41, 5.74) is 5.75. The van der Waals surface area contributed by atoms with Crippen molar-refractivity contribution in [3.63, 3.8) is 0 Å². The van der Waals surface area contributed by atoms with Gasteiger partial charge >= 0.3 is 5.96 Å². The van der Waals surface area contributed by atoms with Crippen molar-refractivity contribution in [2.45, 2.75) is 82.0 Å². The number of nitrogens with one attached hydrogen (secondary N) is 2. The van der Waals surface area contributed by atoms with Crippen LogP contribution in [0.1, 0.15) is 37.0 Å². The Bertz CT molecular complexity index is 1100. The van der Waals surface area contributed by atoms with E-state index in [1.165, 1.54) is 16.7 Å². The number of hydrogen-bond acceptors (Lipinski definition) is 11. The number of hydrogen-bond donors (Lipinski definition) is 8. The molecule has 0 amide bonds. The van der Waals surface area contributed by atoms with E-state index >= 15 is 0 Å². The van der Waals surface area contributed by atoms with Gasteiger partial charge in [0.15, 0.2) is 12.0 Å². The summed E-state index contributed by atoms with van der Waals surface area (Å²) in [5.74, 6) is -4.14. The summed E-state index contributed by atoms with van der Waals surface area (Å²) in [6, 6.07) is 6.20. The fraction of sp³-hybridized carbons (Fsp3) is 0.704. The molecule has 1 aromatic rings. The second-order valence-corrected chi connectivity index (χ2v) is 11.3. The molecule has 2 saturated heterocycles. The van der Waals surface area contributed by atoms with Crippen molar-refractivity contribution >= 4 is 11.7 Å². The lowest BCUT2D eigenvalue weighted by Crippen LogP contribution is -3.03. The van der Waals surface area contributed by atoms with Gasteiger partial charge in [-0.05, 0) is 50.0 Å². The highest BCUT2D eigenvalue weighted by atomic mass is 16.7. The fourth-order valence-electron chi connectivity index (χ4n) is 6.95. The average molecular weight is 551 g/mol. The highest BCUT2D eigenvalue weighted by Crippen LogP contribution is 2.59. The zero-order chi connectivity index (χ0) is 28.9. The first kappa shape index (κ1) is 29.8. The summed E-state index contributed by atoms with van der Waals surface area (Å²) >= 11 is 0. The highest BCUT2D eigenvalue weighted by Gasteiger charge is 2.80. The summed E-state index contributed by atoms with van der Waals surface area (Å²) in [6.45, 7) is 10.0. The second-order valence-electron chi connectivity index (χ2n) is 11.3. The minimum atomic E-state index is -2.25. The smallest absolute Gasteiger partial charge is 0.343 e. The molecular weight excluding hydrogens is 508 g/mol. The minimum absolute atomic E-state index is 0.0973. The van der Waals surface area contributed by atoms with Gasteiger partial charge in [0.05, 0.1) is 25.2 Å². The number of carbonyl (C=O) groups excluding carboxylic acids is 1. The number of ether oxygens (including phenoxy) is 1. The Morgan fingerprint density at radius 3 is 2.41 bits per heavy atom. The first-order valence-corrected chi connectivity index (χ1v) is 13.5. The standard InChI is InChI=1S/C15H23NO.C12H18N3O7/c1-5-16(6-2)11-14(17)10-15-12(3)8-7-9-13(15)4;13-9-14-7(18)4-6-10(20,2-16)3-1-11(21,22-6)8(19)12(4,15-9)5(3)17/h7-9H,5-6,10-11H2,1-4H3;3-8,16-20H,1-2H2,(H3,13,14,15)/q;-1/p+1/t;3?,4?,5?,6?,7?,8-,10?,11?,12?/m.1/s1. The van der Waals surface area contributed by atoms with Gasteiger partial charge in [0.2, 0.25) is 0 Å². The summed E-state index contributed by atoms with van der Waals surface area (Å²) in [5, 5.41) is 67.3. The third kappa shape index (κ3) is 4.66. The lowest BCUT2D eigenvalue weighted by molar-refractivity contribution is -0.654. The van der Waals surface area contributed by atoms with E-state index < -0.39 is 59.9 Å². The van der Waals surface area contributed by atoms with Crippen molar-refractivity contribution in [1.29, 1.82) is 0 Å². The van der Waals surface area contributed by atoms with Crippen LogP contribution >= 0.6 is 0 Å². The quantitative estimate of drug-likeness (QED) is 0.162. The molecule has 0 aromatic heterocycles. The van der Waals surface area contributed by atoms with Crippen molar-refractivity contribution in [2.75, 3.05) is 26.2 Å². The number of guanidine groups is 1. The number of aryl methyl sites for hydroxylation is 2. The topological polar surface area (TPSA) is 206 Å². The van der Waals surface area contributed by atoms with Crippen molar-refractivity contribution in [1.82, 2.24) is 10.2 Å². The fourth-order valence-corrected chi connectivity index (χ4v) is 6.95. The average Bonchev–Trinajstić information content (AvgIpc) is 2.88. The van der Waals surface area contributed by atoms with Crippen LogP contribution in [-0.2, 0) is 16.0 Å². The molecule has 5 aliphatic rings. The van der Waals surface area contributed by atoms with Gasteiger partial charge < -0.3 is 35.4 Å². The molecule has 12 nitrogen and oxygen atoms in total. The van der Waals surface area contributed by atoms with Crippen LogP contribution in [0.5, 0.6) is 0 Å². The first-order valence-electron chi connectivity index (χ1n) is 13.5. The monoisotopic (exact) mass is 550 g/mol. The molecule has 6 rings (SSSR count). The van der Waals surface area contributed by atoms with Crippen LogP contribution in [0.15, 0.2) is 18.2 Å². The van der Waals surface area contributed by atoms with E-state index in [0.717, 1.165) is 13.1 Å². The van der Waals surface area contributed by atoms with Gasteiger partial charge in [0.1, 0.15) is 23.3 Å². The third-order valence-electron chi connectivity index (χ3n) is 9.14. The molecule has 3 heterocycles. The number of carbonyl (C=O) groups is 1. The number of aliphatic hydroxyl groups excluding tert-OH is 4. The van der Waals surface area contributed by atoms with Gasteiger partial charge in [-0.2, -0.15) is 0 Å². The number of Topliss-reactive ketones (excluding diaryl/α,β-unsaturated/α-hetero) is 1. The van der Waals surface area contributed by atoms with Crippen LogP contribution in [0, 0.1) is 25.7 Å². The Balaban J connectivity index is 0.000000188. The zero-order valence-electron chi connectivity index (χ0n) is 22.9. The van der Waals surface area contributed by atoms with Crippen molar-refractivity contribution in [3.8, 4) is 0 Å². The van der Waals surface area contributed by atoms with Gasteiger partial charge in [-0.1, -0.05) is 32.0 Å². The molecule has 1 aromatic carbocycles. The lowest BCUT2D eigenvalue weighted by atomic mass is 9.47. The van der Waals surface area contributed by atoms with Gasteiger partial charge in [-0.15, -0.1) is 0 Å². The number of benzene rings is 1. The SMILES string of the molecule is CCN(CC)CC(=O)Cc1c(C)cccc1C.NC1=[NH+]C(O)C2C3OC4([O-])CC(C(O)C2(N1)[C@@H]4O)C3(O)CO. The van der Waals surface area contributed by atoms with Crippen LogP contribution < -0.4 is 21.1 Å². The molecule has 4 fully saturated rings. The molecule has 9 N–H and O–H groups in total. The molecular formula is C27H42N4O8. The van der Waals surface area contributed by atoms with Gasteiger partial charge in [-0.3, -0.25) is 25.7 Å². The first-order chi connectivity index (χ1) is 18.3. The maximum atomic E-state index is 12.8. The highest BCUT2D eigenvalue weighted by molar-refractivity contribution is 5.83. The molecule has 39 heavy (non-hydrogen) atoms. The number of nitrogens with zero attached hydrogens (tertiary/aromatic N) is 1. The maximum absolute atomic E-state index is 12.8. The Hall–Kier alpha value is -2.16. The normalized spacial score (nSPS) is 39.9. The second kappa shape index (κ2) is 10.7. The van der Waals surface area contributed by atoms with Crippen LogP contribution in [0.4, 0.5) is 0 Å². The molecule has 0 radical (unpaired) electrons.